The van der Waals surface area contributed by atoms with Gasteiger partial charge in [-0.3, -0.25) is 9.59 Å². The number of rotatable bonds is 3. The first-order valence-electron chi connectivity index (χ1n) is 5.99. The molecule has 4 nitrogen and oxygen atoms in total. The van der Waals surface area contributed by atoms with E-state index in [1.807, 2.05) is 6.07 Å². The average molecular weight is 240 g/mol. The van der Waals surface area contributed by atoms with Crippen molar-refractivity contribution in [1.82, 2.24) is 0 Å². The van der Waals surface area contributed by atoms with Crippen molar-refractivity contribution in [2.45, 2.75) is 19.3 Å². The number of ketones is 1. The van der Waals surface area contributed by atoms with Crippen molar-refractivity contribution in [1.29, 1.82) is 5.26 Å². The van der Waals surface area contributed by atoms with Gasteiger partial charge in [-0.1, -0.05) is 12.1 Å². The highest BCUT2D eigenvalue weighted by atomic mass is 16.2. The Kier molecular flexibility index (Phi) is 2.24. The lowest BCUT2D eigenvalue weighted by Gasteiger charge is -2.21. The van der Waals surface area contributed by atoms with Crippen LogP contribution in [0.4, 0.5) is 5.69 Å². The third-order valence-electron chi connectivity index (χ3n) is 3.78. The molecule has 0 saturated heterocycles. The minimum atomic E-state index is -0.458. The van der Waals surface area contributed by atoms with Crippen molar-refractivity contribution in [2.75, 3.05) is 11.4 Å². The molecule has 1 aromatic rings. The molecule has 1 aliphatic heterocycles. The van der Waals surface area contributed by atoms with Crippen molar-refractivity contribution in [3.63, 3.8) is 0 Å². The fourth-order valence-electron chi connectivity index (χ4n) is 2.48. The average Bonchev–Trinajstić information content (AvgIpc) is 3.10. The number of nitrogens with zero attached hydrogens (tertiary/aromatic N) is 2. The summed E-state index contributed by atoms with van der Waals surface area (Å²) >= 11 is 0. The van der Waals surface area contributed by atoms with Gasteiger partial charge in [0.2, 0.25) is 0 Å². The summed E-state index contributed by atoms with van der Waals surface area (Å²) < 4.78 is 0. The fourth-order valence-corrected chi connectivity index (χ4v) is 2.48. The van der Waals surface area contributed by atoms with Crippen LogP contribution in [0.2, 0.25) is 0 Å². The molecular formula is C14H12N2O2. The summed E-state index contributed by atoms with van der Waals surface area (Å²) in [6.07, 6.45) is 2.37. The molecule has 0 spiro atoms. The predicted octanol–water partition coefficient (Wildman–Crippen LogP) is 1.91. The first-order chi connectivity index (χ1) is 8.67. The van der Waals surface area contributed by atoms with E-state index in [0.717, 1.165) is 12.8 Å². The van der Waals surface area contributed by atoms with Crippen LogP contribution in [0.15, 0.2) is 24.3 Å². The topological polar surface area (TPSA) is 61.2 Å². The lowest BCUT2D eigenvalue weighted by Crippen LogP contribution is -2.35. The number of anilines is 1. The third-order valence-corrected chi connectivity index (χ3v) is 3.78. The number of hydrogen-bond acceptors (Lipinski definition) is 3. The molecule has 0 unspecified atom stereocenters. The molecule has 0 aromatic heterocycles. The number of hydrogen-bond donors (Lipinski definition) is 0. The van der Waals surface area contributed by atoms with Gasteiger partial charge in [0.05, 0.1) is 17.3 Å². The Hall–Kier alpha value is -2.15. The lowest BCUT2D eigenvalue weighted by molar-refractivity contribution is -0.114. The second-order valence-electron chi connectivity index (χ2n) is 5.07. The molecule has 1 saturated carbocycles. The van der Waals surface area contributed by atoms with Gasteiger partial charge < -0.3 is 4.90 Å². The summed E-state index contributed by atoms with van der Waals surface area (Å²) in [5.41, 5.74) is 1.09. The van der Waals surface area contributed by atoms with Gasteiger partial charge in [0.15, 0.2) is 0 Å². The Labute approximate surface area is 105 Å². The third kappa shape index (κ3) is 1.52. The van der Waals surface area contributed by atoms with Crippen molar-refractivity contribution >= 4 is 17.4 Å². The van der Waals surface area contributed by atoms with E-state index in [4.69, 9.17) is 5.26 Å². The zero-order valence-electron chi connectivity index (χ0n) is 9.85. The zero-order valence-corrected chi connectivity index (χ0v) is 9.85. The van der Waals surface area contributed by atoms with Crippen LogP contribution in [0.3, 0.4) is 0 Å². The summed E-state index contributed by atoms with van der Waals surface area (Å²) in [6, 6.07) is 9.22. The van der Waals surface area contributed by atoms with Crippen molar-refractivity contribution in [2.24, 2.45) is 5.41 Å². The molecule has 0 atom stereocenters. The molecule has 3 rings (SSSR count). The SMILES string of the molecule is N#CCC1(CN2C(=O)C(=O)c3ccccc32)CC1. The van der Waals surface area contributed by atoms with Gasteiger partial charge in [0, 0.05) is 18.4 Å². The van der Waals surface area contributed by atoms with Crippen molar-refractivity contribution in [3.05, 3.63) is 29.8 Å². The molecular weight excluding hydrogens is 228 g/mol. The van der Waals surface area contributed by atoms with E-state index in [-0.39, 0.29) is 5.41 Å². The summed E-state index contributed by atoms with van der Waals surface area (Å²) in [4.78, 5) is 25.3. The van der Waals surface area contributed by atoms with Crippen LogP contribution in [0.1, 0.15) is 29.6 Å². The number of carbonyl (C=O) groups is 2. The van der Waals surface area contributed by atoms with Crippen LogP contribution >= 0.6 is 0 Å². The van der Waals surface area contributed by atoms with E-state index in [1.54, 1.807) is 23.1 Å². The number of nitriles is 1. The van der Waals surface area contributed by atoms with Crippen LogP contribution in [-0.2, 0) is 4.79 Å². The van der Waals surface area contributed by atoms with E-state index in [2.05, 4.69) is 6.07 Å². The van der Waals surface area contributed by atoms with Gasteiger partial charge in [-0.15, -0.1) is 0 Å². The van der Waals surface area contributed by atoms with Crippen LogP contribution in [0.25, 0.3) is 0 Å². The number of fused-ring (bicyclic) bond motifs is 1. The smallest absolute Gasteiger partial charge is 0.299 e. The second-order valence-corrected chi connectivity index (χ2v) is 5.07. The molecule has 18 heavy (non-hydrogen) atoms. The maximum absolute atomic E-state index is 12.0. The molecule has 4 heteroatoms. The molecule has 90 valence electrons. The number of carbonyl (C=O) groups excluding carboxylic acids is 2. The van der Waals surface area contributed by atoms with Gasteiger partial charge in [0.1, 0.15) is 0 Å². The van der Waals surface area contributed by atoms with Crippen LogP contribution in [0.5, 0.6) is 0 Å². The fraction of sp³-hybridized carbons (Fsp3) is 0.357. The van der Waals surface area contributed by atoms with Gasteiger partial charge in [-0.2, -0.15) is 5.26 Å². The summed E-state index contributed by atoms with van der Waals surface area (Å²) in [5, 5.41) is 8.81. The number of benzene rings is 1. The summed E-state index contributed by atoms with van der Waals surface area (Å²) in [5.74, 6) is -0.890. The van der Waals surface area contributed by atoms with Crippen LogP contribution in [-0.4, -0.2) is 18.2 Å². The molecule has 1 aromatic carbocycles. The number of amides is 1. The maximum atomic E-state index is 12.0. The van der Waals surface area contributed by atoms with E-state index >= 15 is 0 Å². The Morgan fingerprint density at radius 2 is 2.00 bits per heavy atom. The summed E-state index contributed by atoms with van der Waals surface area (Å²) in [6.45, 7) is 0.488. The minimum absolute atomic E-state index is 0.0812. The van der Waals surface area contributed by atoms with Crippen molar-refractivity contribution < 1.29 is 9.59 Å². The normalized spacial score (nSPS) is 19.6. The highest BCUT2D eigenvalue weighted by Crippen LogP contribution is 2.50. The Balaban J connectivity index is 1.92. The number of Topliss-reactive ketones (excluding diaryl/α,β-unsaturated/α-hetero) is 1. The summed E-state index contributed by atoms with van der Waals surface area (Å²) in [7, 11) is 0. The van der Waals surface area contributed by atoms with E-state index < -0.39 is 11.7 Å². The quantitative estimate of drug-likeness (QED) is 0.758. The number of para-hydroxylation sites is 1. The van der Waals surface area contributed by atoms with E-state index in [1.165, 1.54) is 0 Å². The lowest BCUT2D eigenvalue weighted by atomic mass is 10.0. The van der Waals surface area contributed by atoms with Gasteiger partial charge >= 0.3 is 0 Å². The highest BCUT2D eigenvalue weighted by molar-refractivity contribution is 6.52. The van der Waals surface area contributed by atoms with Crippen molar-refractivity contribution in [3.8, 4) is 6.07 Å². The molecule has 0 N–H and O–H groups in total. The van der Waals surface area contributed by atoms with Gasteiger partial charge in [0.25, 0.3) is 11.7 Å². The highest BCUT2D eigenvalue weighted by Gasteiger charge is 2.47. The first kappa shape index (κ1) is 11.0. The molecule has 0 radical (unpaired) electrons. The Morgan fingerprint density at radius 3 is 2.67 bits per heavy atom. The zero-order chi connectivity index (χ0) is 12.8. The predicted molar refractivity (Wildman–Crippen MR) is 65.0 cm³/mol. The molecule has 1 heterocycles. The molecule has 1 fully saturated rings. The van der Waals surface area contributed by atoms with Gasteiger partial charge in [-0.25, -0.2) is 0 Å². The molecule has 1 amide bonds. The molecule has 0 bridgehead atoms. The van der Waals surface area contributed by atoms with E-state index in [0.29, 0.717) is 24.2 Å². The first-order valence-corrected chi connectivity index (χ1v) is 5.99. The van der Waals surface area contributed by atoms with Crippen LogP contribution < -0.4 is 4.90 Å². The standard InChI is InChI=1S/C14H12N2O2/c15-8-7-14(5-6-14)9-16-11-4-2-1-3-10(11)12(17)13(16)18/h1-4H,5-7,9H2. The maximum Gasteiger partial charge on any atom is 0.299 e. The van der Waals surface area contributed by atoms with Crippen LogP contribution in [0, 0.1) is 16.7 Å². The van der Waals surface area contributed by atoms with E-state index in [9.17, 15) is 9.59 Å². The largest absolute Gasteiger partial charge is 0.304 e. The Bertz CT molecular complexity index is 582. The minimum Gasteiger partial charge on any atom is -0.304 e. The second kappa shape index (κ2) is 3.67. The molecule has 2 aliphatic rings. The monoisotopic (exact) mass is 240 g/mol. The van der Waals surface area contributed by atoms with Gasteiger partial charge in [-0.05, 0) is 25.0 Å². The molecule has 1 aliphatic carbocycles. The Morgan fingerprint density at radius 1 is 1.28 bits per heavy atom.